The summed E-state index contributed by atoms with van der Waals surface area (Å²) in [7, 11) is 0. The van der Waals surface area contributed by atoms with Gasteiger partial charge in [0.1, 0.15) is 0 Å². The van der Waals surface area contributed by atoms with Crippen LogP contribution in [0.25, 0.3) is 22.3 Å². The third kappa shape index (κ3) is 5.99. The molecule has 0 amide bonds. The maximum absolute atomic E-state index is 11.3. The molecule has 0 aliphatic carbocycles. The molecule has 0 saturated carbocycles. The lowest BCUT2D eigenvalue weighted by molar-refractivity contribution is 0.0685. The van der Waals surface area contributed by atoms with Gasteiger partial charge in [0.25, 0.3) is 0 Å². The first-order valence-electron chi connectivity index (χ1n) is 11.8. The molecule has 2 N–H and O–H groups in total. The zero-order valence-corrected chi connectivity index (χ0v) is 21.7. The van der Waals surface area contributed by atoms with Gasteiger partial charge in [-0.15, -0.1) is 0 Å². The predicted octanol–water partition coefficient (Wildman–Crippen LogP) is 8.72. The zero-order chi connectivity index (χ0) is 26.5. The van der Waals surface area contributed by atoms with Crippen LogP contribution in [0.4, 0.5) is 0 Å². The van der Waals surface area contributed by atoms with Gasteiger partial charge in [0.15, 0.2) is 0 Å². The van der Waals surface area contributed by atoms with E-state index in [-0.39, 0.29) is 11.1 Å². The van der Waals surface area contributed by atoms with E-state index in [1.54, 1.807) is 36.4 Å². The van der Waals surface area contributed by atoms with E-state index in [9.17, 15) is 19.8 Å². The first-order valence-corrected chi connectivity index (χ1v) is 13.4. The molecule has 0 heterocycles. The van der Waals surface area contributed by atoms with E-state index >= 15 is 0 Å². The van der Waals surface area contributed by atoms with E-state index in [1.165, 1.54) is 23.5 Å². The largest absolute Gasteiger partial charge is 0.478 e. The molecule has 0 fully saturated rings. The molecule has 0 bridgehead atoms. The Morgan fingerprint density at radius 1 is 0.447 bits per heavy atom. The number of carboxylic acids is 2. The summed E-state index contributed by atoms with van der Waals surface area (Å²) >= 11 is 3.06. The molecule has 38 heavy (non-hydrogen) atoms. The van der Waals surface area contributed by atoms with Gasteiger partial charge in [-0.1, -0.05) is 84.2 Å². The Labute approximate surface area is 229 Å². The van der Waals surface area contributed by atoms with Crippen LogP contribution in [0.3, 0.4) is 0 Å². The second-order valence-electron chi connectivity index (χ2n) is 8.46. The molecule has 5 rings (SSSR count). The number of carbonyl (C=O) groups is 2. The SMILES string of the molecule is O=C(O)c1cccc(Sc2ccc(-c3ccccc3-c3ccc(Sc4cccc(C(=O)O)c4)cc3)cc2)c1. The lowest BCUT2D eigenvalue weighted by atomic mass is 9.95. The molecule has 186 valence electrons. The minimum atomic E-state index is -0.932. The first-order chi connectivity index (χ1) is 18.5. The fraction of sp³-hybridized carbons (Fsp3) is 0. The van der Waals surface area contributed by atoms with Gasteiger partial charge >= 0.3 is 11.9 Å². The minimum Gasteiger partial charge on any atom is -0.478 e. The Balaban J connectivity index is 1.35. The average molecular weight is 535 g/mol. The Hall–Kier alpha value is -4.26. The third-order valence-electron chi connectivity index (χ3n) is 5.89. The van der Waals surface area contributed by atoms with Crippen molar-refractivity contribution >= 4 is 35.5 Å². The normalized spacial score (nSPS) is 10.7. The third-order valence-corrected chi connectivity index (χ3v) is 7.89. The summed E-state index contributed by atoms with van der Waals surface area (Å²) in [6, 6.07) is 38.7. The summed E-state index contributed by atoms with van der Waals surface area (Å²) in [5.41, 5.74) is 4.97. The van der Waals surface area contributed by atoms with Crippen molar-refractivity contribution in [2.24, 2.45) is 0 Å². The van der Waals surface area contributed by atoms with Crippen molar-refractivity contribution in [3.05, 3.63) is 132 Å². The molecule has 5 aromatic carbocycles. The molecule has 0 aliphatic heterocycles. The number of benzene rings is 5. The van der Waals surface area contributed by atoms with Gasteiger partial charge in [-0.2, -0.15) is 0 Å². The number of carboxylic acid groups (broad SMARTS) is 2. The number of aromatic carboxylic acids is 2. The van der Waals surface area contributed by atoms with E-state index in [1.807, 2.05) is 24.3 Å². The van der Waals surface area contributed by atoms with Crippen LogP contribution in [0.1, 0.15) is 20.7 Å². The molecule has 0 unspecified atom stereocenters. The lowest BCUT2D eigenvalue weighted by Gasteiger charge is -2.12. The molecule has 0 radical (unpaired) electrons. The van der Waals surface area contributed by atoms with Gasteiger partial charge in [-0.25, -0.2) is 9.59 Å². The fourth-order valence-corrected chi connectivity index (χ4v) is 5.80. The van der Waals surface area contributed by atoms with Crippen molar-refractivity contribution < 1.29 is 19.8 Å². The van der Waals surface area contributed by atoms with E-state index in [2.05, 4.69) is 60.7 Å². The molecule has 0 saturated heterocycles. The monoisotopic (exact) mass is 534 g/mol. The van der Waals surface area contributed by atoms with Crippen molar-refractivity contribution in [1.29, 1.82) is 0 Å². The van der Waals surface area contributed by atoms with Crippen LogP contribution >= 0.6 is 23.5 Å². The van der Waals surface area contributed by atoms with Gasteiger partial charge in [0, 0.05) is 19.6 Å². The Bertz CT molecular complexity index is 1490. The van der Waals surface area contributed by atoms with E-state index in [4.69, 9.17) is 0 Å². The van der Waals surface area contributed by atoms with Crippen molar-refractivity contribution in [2.75, 3.05) is 0 Å². The highest BCUT2D eigenvalue weighted by molar-refractivity contribution is 7.99. The second-order valence-corrected chi connectivity index (χ2v) is 10.8. The highest BCUT2D eigenvalue weighted by Crippen LogP contribution is 2.36. The van der Waals surface area contributed by atoms with Crippen LogP contribution in [0, 0.1) is 0 Å². The van der Waals surface area contributed by atoms with Crippen LogP contribution in [-0.2, 0) is 0 Å². The molecular formula is C32H22O4S2. The van der Waals surface area contributed by atoms with E-state index < -0.39 is 11.9 Å². The summed E-state index contributed by atoms with van der Waals surface area (Å²) in [6.07, 6.45) is 0. The van der Waals surface area contributed by atoms with Crippen molar-refractivity contribution in [2.45, 2.75) is 19.6 Å². The van der Waals surface area contributed by atoms with Crippen LogP contribution in [0.5, 0.6) is 0 Å². The fourth-order valence-electron chi connectivity index (χ4n) is 4.05. The molecule has 0 aliphatic rings. The number of hydrogen-bond acceptors (Lipinski definition) is 4. The molecule has 4 nitrogen and oxygen atoms in total. The second kappa shape index (κ2) is 11.4. The summed E-state index contributed by atoms with van der Waals surface area (Å²) in [4.78, 5) is 26.3. The number of rotatable bonds is 8. The Morgan fingerprint density at radius 3 is 1.21 bits per heavy atom. The molecule has 0 spiro atoms. The predicted molar refractivity (Wildman–Crippen MR) is 152 cm³/mol. The van der Waals surface area contributed by atoms with Gasteiger partial charge < -0.3 is 10.2 Å². The van der Waals surface area contributed by atoms with Crippen LogP contribution in [0.2, 0.25) is 0 Å². The molecule has 6 heteroatoms. The Kier molecular flexibility index (Phi) is 7.63. The zero-order valence-electron chi connectivity index (χ0n) is 20.1. The lowest BCUT2D eigenvalue weighted by Crippen LogP contribution is -1.95. The minimum absolute atomic E-state index is 0.277. The van der Waals surface area contributed by atoms with Crippen LogP contribution < -0.4 is 0 Å². The smallest absolute Gasteiger partial charge is 0.335 e. The summed E-state index contributed by atoms with van der Waals surface area (Å²) in [6.45, 7) is 0. The number of hydrogen-bond donors (Lipinski definition) is 2. The van der Waals surface area contributed by atoms with Gasteiger partial charge in [-0.3, -0.25) is 0 Å². The van der Waals surface area contributed by atoms with Crippen LogP contribution in [0.15, 0.2) is 141 Å². The maximum atomic E-state index is 11.3. The quantitative estimate of drug-likeness (QED) is 0.207. The first kappa shape index (κ1) is 25.4. The van der Waals surface area contributed by atoms with Crippen LogP contribution in [-0.4, -0.2) is 22.2 Å². The van der Waals surface area contributed by atoms with E-state index in [0.717, 1.165) is 41.8 Å². The van der Waals surface area contributed by atoms with Crippen molar-refractivity contribution in [3.8, 4) is 22.3 Å². The van der Waals surface area contributed by atoms with E-state index in [0.29, 0.717) is 0 Å². The highest BCUT2D eigenvalue weighted by Gasteiger charge is 2.10. The van der Waals surface area contributed by atoms with Crippen molar-refractivity contribution in [3.63, 3.8) is 0 Å². The Morgan fingerprint density at radius 2 is 0.842 bits per heavy atom. The highest BCUT2D eigenvalue weighted by atomic mass is 32.2. The summed E-state index contributed by atoms with van der Waals surface area (Å²) < 4.78 is 0. The molecular weight excluding hydrogens is 512 g/mol. The average Bonchev–Trinajstić information content (AvgIpc) is 2.94. The molecule has 5 aromatic rings. The van der Waals surface area contributed by atoms with Gasteiger partial charge in [0.05, 0.1) is 11.1 Å². The maximum Gasteiger partial charge on any atom is 0.335 e. The van der Waals surface area contributed by atoms with Gasteiger partial charge in [0.2, 0.25) is 0 Å². The molecule has 0 atom stereocenters. The summed E-state index contributed by atoms with van der Waals surface area (Å²) in [5.74, 6) is -1.86. The standard InChI is InChI=1S/C32H22O4S2/c33-31(34)23-5-3-7-27(19-23)37-25-15-11-21(12-16-25)29-9-1-2-10-30(29)22-13-17-26(18-14-22)38-28-8-4-6-24(20-28)32(35)36/h1-20H,(H,33,34)(H,35,36). The topological polar surface area (TPSA) is 74.6 Å². The van der Waals surface area contributed by atoms with Crippen molar-refractivity contribution in [1.82, 2.24) is 0 Å². The summed E-state index contributed by atoms with van der Waals surface area (Å²) in [5, 5.41) is 18.5. The molecule has 0 aromatic heterocycles. The van der Waals surface area contributed by atoms with Gasteiger partial charge in [-0.05, 0) is 82.9 Å².